The molecular weight excluding hydrogens is 198 g/mol. The standard InChI is InChI=1S/C14H19NO/c1-3-14(16)10-9-12(2)15-11-13-7-5-4-6-8-13/h4-10,15-16H,3,11H2,1-2H3/b12-9-,14-10+. The van der Waals surface area contributed by atoms with Crippen LogP contribution in [-0.2, 0) is 6.54 Å². The number of nitrogens with one attached hydrogen (secondary N) is 1. The molecule has 0 atom stereocenters. The third-order valence-electron chi connectivity index (χ3n) is 2.30. The lowest BCUT2D eigenvalue weighted by Crippen LogP contribution is -2.09. The van der Waals surface area contributed by atoms with E-state index in [4.69, 9.17) is 0 Å². The lowest BCUT2D eigenvalue weighted by Gasteiger charge is -2.05. The summed E-state index contributed by atoms with van der Waals surface area (Å²) in [6, 6.07) is 10.2. The molecule has 2 N–H and O–H groups in total. The van der Waals surface area contributed by atoms with Crippen molar-refractivity contribution >= 4 is 0 Å². The Kier molecular flexibility index (Phi) is 5.20. The Hall–Kier alpha value is -1.70. The van der Waals surface area contributed by atoms with Gasteiger partial charge in [-0.3, -0.25) is 0 Å². The number of benzene rings is 1. The van der Waals surface area contributed by atoms with Gasteiger partial charge in [-0.15, -0.1) is 0 Å². The summed E-state index contributed by atoms with van der Waals surface area (Å²) >= 11 is 0. The van der Waals surface area contributed by atoms with Gasteiger partial charge in [0.1, 0.15) is 0 Å². The molecule has 0 fully saturated rings. The van der Waals surface area contributed by atoms with Gasteiger partial charge in [0.05, 0.1) is 5.76 Å². The molecule has 0 aliphatic heterocycles. The van der Waals surface area contributed by atoms with Crippen LogP contribution in [-0.4, -0.2) is 5.11 Å². The van der Waals surface area contributed by atoms with Crippen molar-refractivity contribution < 1.29 is 5.11 Å². The van der Waals surface area contributed by atoms with Crippen molar-refractivity contribution in [2.45, 2.75) is 26.8 Å². The second-order valence-electron chi connectivity index (χ2n) is 3.70. The Balaban J connectivity index is 2.44. The summed E-state index contributed by atoms with van der Waals surface area (Å²) in [6.45, 7) is 4.72. The Morgan fingerprint density at radius 2 is 1.94 bits per heavy atom. The molecule has 0 aliphatic carbocycles. The van der Waals surface area contributed by atoms with Gasteiger partial charge in [0.25, 0.3) is 0 Å². The summed E-state index contributed by atoms with van der Waals surface area (Å²) < 4.78 is 0. The maximum Gasteiger partial charge on any atom is 0.0920 e. The number of aliphatic hydroxyl groups excluding tert-OH is 1. The normalized spacial score (nSPS) is 12.6. The van der Waals surface area contributed by atoms with E-state index in [0.717, 1.165) is 12.2 Å². The van der Waals surface area contributed by atoms with Gasteiger partial charge in [-0.2, -0.15) is 0 Å². The van der Waals surface area contributed by atoms with E-state index < -0.39 is 0 Å². The summed E-state index contributed by atoms with van der Waals surface area (Å²) in [5, 5.41) is 12.6. The van der Waals surface area contributed by atoms with Crippen LogP contribution in [0.15, 0.2) is 53.9 Å². The number of allylic oxidation sites excluding steroid dienone is 4. The van der Waals surface area contributed by atoms with Gasteiger partial charge in [-0.05, 0) is 24.6 Å². The maximum absolute atomic E-state index is 9.28. The fourth-order valence-corrected chi connectivity index (χ4v) is 1.24. The van der Waals surface area contributed by atoms with E-state index in [-0.39, 0.29) is 0 Å². The first-order valence-corrected chi connectivity index (χ1v) is 5.56. The monoisotopic (exact) mass is 217 g/mol. The number of rotatable bonds is 5. The largest absolute Gasteiger partial charge is 0.512 e. The Morgan fingerprint density at radius 3 is 2.56 bits per heavy atom. The first-order chi connectivity index (χ1) is 7.72. The SMILES string of the molecule is CC/C(O)=C\C=C(\C)NCc1ccccc1. The van der Waals surface area contributed by atoms with Crippen LogP contribution in [0.1, 0.15) is 25.8 Å². The smallest absolute Gasteiger partial charge is 0.0920 e. The molecule has 0 aliphatic rings. The summed E-state index contributed by atoms with van der Waals surface area (Å²) in [7, 11) is 0. The summed E-state index contributed by atoms with van der Waals surface area (Å²) in [5.74, 6) is 0.404. The van der Waals surface area contributed by atoms with Crippen LogP contribution in [0.4, 0.5) is 0 Å². The van der Waals surface area contributed by atoms with Crippen molar-refractivity contribution in [1.29, 1.82) is 0 Å². The average Bonchev–Trinajstić information content (AvgIpc) is 2.34. The van der Waals surface area contributed by atoms with Crippen LogP contribution in [0.3, 0.4) is 0 Å². The molecule has 0 bridgehead atoms. The average molecular weight is 217 g/mol. The molecular formula is C14H19NO. The zero-order chi connectivity index (χ0) is 11.8. The topological polar surface area (TPSA) is 32.3 Å². The van der Waals surface area contributed by atoms with Crippen LogP contribution >= 0.6 is 0 Å². The van der Waals surface area contributed by atoms with E-state index in [9.17, 15) is 5.11 Å². The lowest BCUT2D eigenvalue weighted by atomic mass is 10.2. The highest BCUT2D eigenvalue weighted by atomic mass is 16.3. The minimum atomic E-state index is 0.404. The van der Waals surface area contributed by atoms with Crippen molar-refractivity contribution in [3.05, 3.63) is 59.5 Å². The minimum Gasteiger partial charge on any atom is -0.512 e. The van der Waals surface area contributed by atoms with E-state index in [0.29, 0.717) is 12.2 Å². The number of hydrogen-bond acceptors (Lipinski definition) is 2. The molecule has 0 radical (unpaired) electrons. The molecule has 1 aromatic rings. The number of hydrogen-bond donors (Lipinski definition) is 2. The highest BCUT2D eigenvalue weighted by Crippen LogP contribution is 2.00. The van der Waals surface area contributed by atoms with Crippen molar-refractivity contribution in [3.8, 4) is 0 Å². The van der Waals surface area contributed by atoms with Gasteiger partial charge >= 0.3 is 0 Å². The van der Waals surface area contributed by atoms with Crippen LogP contribution in [0.2, 0.25) is 0 Å². The van der Waals surface area contributed by atoms with E-state index in [1.165, 1.54) is 5.56 Å². The van der Waals surface area contributed by atoms with Gasteiger partial charge in [0.2, 0.25) is 0 Å². The van der Waals surface area contributed by atoms with E-state index in [1.54, 1.807) is 6.08 Å². The fraction of sp³-hybridized carbons (Fsp3) is 0.286. The first-order valence-electron chi connectivity index (χ1n) is 5.56. The zero-order valence-electron chi connectivity index (χ0n) is 9.90. The molecule has 0 unspecified atom stereocenters. The Labute approximate surface area is 97.3 Å². The van der Waals surface area contributed by atoms with Crippen molar-refractivity contribution in [3.63, 3.8) is 0 Å². The second kappa shape index (κ2) is 6.72. The summed E-state index contributed by atoms with van der Waals surface area (Å²) in [5.41, 5.74) is 2.29. The van der Waals surface area contributed by atoms with E-state index >= 15 is 0 Å². The molecule has 0 saturated heterocycles. The van der Waals surface area contributed by atoms with Crippen molar-refractivity contribution in [1.82, 2.24) is 5.32 Å². The van der Waals surface area contributed by atoms with E-state index in [1.807, 2.05) is 38.1 Å². The lowest BCUT2D eigenvalue weighted by molar-refractivity contribution is 0.394. The third kappa shape index (κ3) is 4.69. The van der Waals surface area contributed by atoms with Gasteiger partial charge in [-0.25, -0.2) is 0 Å². The number of aliphatic hydroxyl groups is 1. The summed E-state index contributed by atoms with van der Waals surface area (Å²) in [6.07, 6.45) is 4.29. The molecule has 1 rings (SSSR count). The van der Waals surface area contributed by atoms with E-state index in [2.05, 4.69) is 17.4 Å². The van der Waals surface area contributed by atoms with Gasteiger partial charge < -0.3 is 10.4 Å². The molecule has 2 nitrogen and oxygen atoms in total. The Bertz CT molecular complexity index is 366. The predicted octanol–water partition coefficient (Wildman–Crippen LogP) is 3.53. The molecule has 1 aromatic carbocycles. The molecule has 86 valence electrons. The molecule has 0 spiro atoms. The quantitative estimate of drug-likeness (QED) is 0.584. The van der Waals surface area contributed by atoms with Crippen LogP contribution < -0.4 is 5.32 Å². The third-order valence-corrected chi connectivity index (χ3v) is 2.30. The van der Waals surface area contributed by atoms with Crippen molar-refractivity contribution in [2.24, 2.45) is 0 Å². The Morgan fingerprint density at radius 1 is 1.25 bits per heavy atom. The molecule has 0 saturated carbocycles. The molecule has 0 aromatic heterocycles. The zero-order valence-corrected chi connectivity index (χ0v) is 9.90. The second-order valence-corrected chi connectivity index (χ2v) is 3.70. The summed E-state index contributed by atoms with van der Waals surface area (Å²) in [4.78, 5) is 0. The van der Waals surface area contributed by atoms with Crippen LogP contribution in [0.25, 0.3) is 0 Å². The van der Waals surface area contributed by atoms with Crippen molar-refractivity contribution in [2.75, 3.05) is 0 Å². The highest BCUT2D eigenvalue weighted by Gasteiger charge is 1.91. The van der Waals surface area contributed by atoms with Gasteiger partial charge in [-0.1, -0.05) is 37.3 Å². The molecule has 16 heavy (non-hydrogen) atoms. The minimum absolute atomic E-state index is 0.404. The van der Waals surface area contributed by atoms with Gasteiger partial charge in [0.15, 0.2) is 0 Å². The highest BCUT2D eigenvalue weighted by molar-refractivity contribution is 5.17. The molecule has 0 amide bonds. The van der Waals surface area contributed by atoms with Crippen LogP contribution in [0.5, 0.6) is 0 Å². The first kappa shape index (κ1) is 12.4. The van der Waals surface area contributed by atoms with Gasteiger partial charge in [0, 0.05) is 18.7 Å². The fourth-order valence-electron chi connectivity index (χ4n) is 1.24. The predicted molar refractivity (Wildman–Crippen MR) is 68.0 cm³/mol. The molecule has 2 heteroatoms. The molecule has 0 heterocycles. The van der Waals surface area contributed by atoms with Crippen LogP contribution in [0, 0.1) is 0 Å². The maximum atomic E-state index is 9.28.